The van der Waals surface area contributed by atoms with Crippen LogP contribution in [0.5, 0.6) is 0 Å². The summed E-state index contributed by atoms with van der Waals surface area (Å²) in [6.45, 7) is 4.70. The minimum absolute atomic E-state index is 0.202. The summed E-state index contributed by atoms with van der Waals surface area (Å²) < 4.78 is 1.82. The molecule has 32 heavy (non-hydrogen) atoms. The highest BCUT2D eigenvalue weighted by atomic mass is 16.2. The highest BCUT2D eigenvalue weighted by Gasteiger charge is 2.29. The number of likely N-dealkylation sites (tertiary alicyclic amines) is 1. The van der Waals surface area contributed by atoms with Crippen LogP contribution in [0.4, 0.5) is 0 Å². The van der Waals surface area contributed by atoms with E-state index in [0.717, 1.165) is 35.3 Å². The van der Waals surface area contributed by atoms with Gasteiger partial charge >= 0.3 is 0 Å². The Hall–Kier alpha value is -3.67. The van der Waals surface area contributed by atoms with Gasteiger partial charge in [-0.3, -0.25) is 9.59 Å². The van der Waals surface area contributed by atoms with Gasteiger partial charge in [-0.1, -0.05) is 30.3 Å². The van der Waals surface area contributed by atoms with Gasteiger partial charge in [0.05, 0.1) is 11.4 Å². The van der Waals surface area contributed by atoms with E-state index in [1.807, 2.05) is 47.3 Å². The van der Waals surface area contributed by atoms with Gasteiger partial charge in [-0.05, 0) is 68.5 Å². The number of hydrogen-bond acceptors (Lipinski definition) is 3. The van der Waals surface area contributed by atoms with Gasteiger partial charge in [0.25, 0.3) is 0 Å². The molecule has 1 aromatic heterocycles. The third-order valence-corrected chi connectivity index (χ3v) is 6.06. The second kappa shape index (κ2) is 9.22. The van der Waals surface area contributed by atoms with Crippen molar-refractivity contribution in [3.8, 4) is 16.9 Å². The highest BCUT2D eigenvalue weighted by Crippen LogP contribution is 2.27. The predicted molar refractivity (Wildman–Crippen MR) is 126 cm³/mol. The Morgan fingerprint density at radius 2 is 1.84 bits per heavy atom. The number of aromatic nitrogens is 2. The van der Waals surface area contributed by atoms with E-state index >= 15 is 0 Å². The lowest BCUT2D eigenvalue weighted by Crippen LogP contribution is -2.49. The highest BCUT2D eigenvalue weighted by molar-refractivity contribution is 5.96. The van der Waals surface area contributed by atoms with Crippen LogP contribution in [0.25, 0.3) is 23.0 Å². The maximum Gasteiger partial charge on any atom is 0.247 e. The van der Waals surface area contributed by atoms with Crippen LogP contribution < -0.4 is 5.73 Å². The van der Waals surface area contributed by atoms with E-state index in [4.69, 9.17) is 10.8 Å². The van der Waals surface area contributed by atoms with Gasteiger partial charge in [0.15, 0.2) is 0 Å². The second-order valence-corrected chi connectivity index (χ2v) is 8.29. The normalized spacial score (nSPS) is 16.4. The largest absolute Gasteiger partial charge is 0.368 e. The molecular formula is C26H28N4O2. The number of hydrogen-bond donors (Lipinski definition) is 1. The Morgan fingerprint density at radius 1 is 1.06 bits per heavy atom. The zero-order chi connectivity index (χ0) is 22.7. The van der Waals surface area contributed by atoms with Crippen molar-refractivity contribution in [1.82, 2.24) is 14.7 Å². The summed E-state index contributed by atoms with van der Waals surface area (Å²) in [5.74, 6) is -0.647. The van der Waals surface area contributed by atoms with Gasteiger partial charge in [0.2, 0.25) is 11.8 Å². The van der Waals surface area contributed by atoms with Crippen LogP contribution in [0.2, 0.25) is 0 Å². The third kappa shape index (κ3) is 4.49. The molecule has 2 amide bonds. The summed E-state index contributed by atoms with van der Waals surface area (Å²) in [6, 6.07) is 15.6. The Kier molecular flexibility index (Phi) is 6.21. The van der Waals surface area contributed by atoms with E-state index in [0.29, 0.717) is 13.0 Å². The molecule has 2 aromatic carbocycles. The van der Waals surface area contributed by atoms with Crippen molar-refractivity contribution in [3.05, 3.63) is 77.5 Å². The topological polar surface area (TPSA) is 81.2 Å². The number of piperidine rings is 1. The Labute approximate surface area is 188 Å². The lowest BCUT2D eigenvalue weighted by atomic mass is 10.0. The monoisotopic (exact) mass is 428 g/mol. The molecule has 0 bridgehead atoms. The van der Waals surface area contributed by atoms with E-state index < -0.39 is 11.9 Å². The molecular weight excluding hydrogens is 400 g/mol. The number of primary amides is 1. The van der Waals surface area contributed by atoms with Crippen molar-refractivity contribution in [3.63, 3.8) is 0 Å². The second-order valence-electron chi connectivity index (χ2n) is 8.29. The average molecular weight is 429 g/mol. The van der Waals surface area contributed by atoms with Crippen molar-refractivity contribution >= 4 is 17.9 Å². The van der Waals surface area contributed by atoms with Gasteiger partial charge in [-0.2, -0.15) is 5.10 Å². The van der Waals surface area contributed by atoms with Crippen LogP contribution in [-0.2, 0) is 9.59 Å². The lowest BCUT2D eigenvalue weighted by molar-refractivity contribution is -0.137. The molecule has 1 atom stereocenters. The minimum atomic E-state index is -0.535. The number of carbonyl (C=O) groups excluding carboxylic acids is 2. The van der Waals surface area contributed by atoms with Crippen molar-refractivity contribution in [1.29, 1.82) is 0 Å². The zero-order valence-corrected chi connectivity index (χ0v) is 18.5. The van der Waals surface area contributed by atoms with Crippen molar-refractivity contribution in [2.75, 3.05) is 6.54 Å². The fourth-order valence-electron chi connectivity index (χ4n) is 4.08. The minimum Gasteiger partial charge on any atom is -0.368 e. The van der Waals surface area contributed by atoms with Crippen LogP contribution in [0.1, 0.15) is 36.0 Å². The summed E-state index contributed by atoms with van der Waals surface area (Å²) in [5.41, 5.74) is 11.5. The number of carbonyl (C=O) groups is 2. The summed E-state index contributed by atoms with van der Waals surface area (Å²) in [7, 11) is 0. The summed E-state index contributed by atoms with van der Waals surface area (Å²) in [5, 5.41) is 4.82. The van der Waals surface area contributed by atoms with Gasteiger partial charge < -0.3 is 10.6 Å². The number of amides is 2. The van der Waals surface area contributed by atoms with E-state index in [9.17, 15) is 9.59 Å². The number of nitrogens with zero attached hydrogens (tertiary/aromatic N) is 3. The molecule has 0 saturated carbocycles. The fourth-order valence-corrected chi connectivity index (χ4v) is 4.08. The Morgan fingerprint density at radius 3 is 2.56 bits per heavy atom. The Balaban J connectivity index is 1.70. The van der Waals surface area contributed by atoms with Crippen molar-refractivity contribution in [2.24, 2.45) is 5.73 Å². The first kappa shape index (κ1) is 21.6. The zero-order valence-electron chi connectivity index (χ0n) is 18.5. The van der Waals surface area contributed by atoms with Crippen LogP contribution in [0.15, 0.2) is 60.8 Å². The van der Waals surface area contributed by atoms with E-state index in [2.05, 4.69) is 26.0 Å². The molecule has 0 spiro atoms. The van der Waals surface area contributed by atoms with E-state index in [-0.39, 0.29) is 5.91 Å². The lowest BCUT2D eigenvalue weighted by Gasteiger charge is -2.32. The number of para-hydroxylation sites is 1. The molecule has 0 radical (unpaired) electrons. The first-order valence-corrected chi connectivity index (χ1v) is 10.9. The molecule has 1 aliphatic heterocycles. The molecule has 2 N–H and O–H groups in total. The summed E-state index contributed by atoms with van der Waals surface area (Å²) in [6.07, 6.45) is 7.63. The van der Waals surface area contributed by atoms with Gasteiger partial charge in [0.1, 0.15) is 6.04 Å². The molecule has 3 aromatic rings. The van der Waals surface area contributed by atoms with Crippen LogP contribution >= 0.6 is 0 Å². The molecule has 6 heteroatoms. The van der Waals surface area contributed by atoms with Crippen LogP contribution in [-0.4, -0.2) is 39.1 Å². The molecule has 1 saturated heterocycles. The fraction of sp³-hybridized carbons (Fsp3) is 0.269. The molecule has 0 aliphatic carbocycles. The summed E-state index contributed by atoms with van der Waals surface area (Å²) in [4.78, 5) is 26.3. The first-order chi connectivity index (χ1) is 15.4. The summed E-state index contributed by atoms with van der Waals surface area (Å²) >= 11 is 0. The smallest absolute Gasteiger partial charge is 0.247 e. The predicted octanol–water partition coefficient (Wildman–Crippen LogP) is 4.04. The molecule has 1 unspecified atom stereocenters. The average Bonchev–Trinajstić information content (AvgIpc) is 3.24. The van der Waals surface area contributed by atoms with Crippen LogP contribution in [0, 0.1) is 13.8 Å². The molecule has 6 nitrogen and oxygen atoms in total. The van der Waals surface area contributed by atoms with E-state index in [1.54, 1.807) is 11.0 Å². The molecule has 1 aliphatic rings. The van der Waals surface area contributed by atoms with Crippen molar-refractivity contribution in [2.45, 2.75) is 39.2 Å². The maximum atomic E-state index is 12.9. The number of benzene rings is 2. The molecule has 164 valence electrons. The quantitative estimate of drug-likeness (QED) is 0.623. The third-order valence-electron chi connectivity index (χ3n) is 6.06. The number of rotatable bonds is 5. The Bertz CT molecular complexity index is 1160. The van der Waals surface area contributed by atoms with Gasteiger partial charge in [0, 0.05) is 29.9 Å². The van der Waals surface area contributed by atoms with E-state index in [1.165, 1.54) is 17.2 Å². The molecule has 2 heterocycles. The molecule has 1 fully saturated rings. The number of nitrogens with two attached hydrogens (primary N) is 1. The van der Waals surface area contributed by atoms with Gasteiger partial charge in [-0.25, -0.2) is 4.68 Å². The van der Waals surface area contributed by atoms with Crippen LogP contribution in [0.3, 0.4) is 0 Å². The standard InChI is InChI=1S/C26H28N4O2/c1-18-11-12-20(16-19(18)2)25-21(17-30(28-25)22-8-4-3-5-9-22)13-14-24(31)29-15-7-6-10-23(29)26(27)32/h3-5,8-9,11-14,16-17,23H,6-7,10,15H2,1-2H3,(H2,27,32)/b14-13+. The number of aryl methyl sites for hydroxylation is 2. The SMILES string of the molecule is Cc1ccc(-c2nn(-c3ccccc3)cc2/C=C/C(=O)N2CCCCC2C(N)=O)cc1C. The first-order valence-electron chi connectivity index (χ1n) is 10.9. The van der Waals surface area contributed by atoms with Crippen molar-refractivity contribution < 1.29 is 9.59 Å². The maximum absolute atomic E-state index is 12.9. The van der Waals surface area contributed by atoms with Gasteiger partial charge in [-0.15, -0.1) is 0 Å². The molecule has 4 rings (SSSR count).